The third-order valence-electron chi connectivity index (χ3n) is 7.51. The molecule has 7 heteroatoms. The van der Waals surface area contributed by atoms with Crippen LogP contribution in [0.5, 0.6) is 5.75 Å². The van der Waals surface area contributed by atoms with Gasteiger partial charge in [-0.15, -0.1) is 0 Å². The Morgan fingerprint density at radius 1 is 1.09 bits per heavy atom. The minimum atomic E-state index is 0.285. The van der Waals surface area contributed by atoms with Crippen molar-refractivity contribution in [3.8, 4) is 5.75 Å². The van der Waals surface area contributed by atoms with Crippen LogP contribution in [-0.2, 0) is 28.9 Å². The van der Waals surface area contributed by atoms with Crippen molar-refractivity contribution in [1.29, 1.82) is 0 Å². The molecule has 1 saturated heterocycles. The molecule has 5 rings (SSSR count). The monoisotopic (exact) mass is 464 g/mol. The maximum Gasteiger partial charge on any atom is 0.222 e. The lowest BCUT2D eigenvalue weighted by molar-refractivity contribution is -0.132. The maximum absolute atomic E-state index is 13.1. The molecular formula is C27H36N4O3. The number of ether oxygens (including phenoxy) is 2. The minimum Gasteiger partial charge on any atom is -0.497 e. The van der Waals surface area contributed by atoms with Crippen LogP contribution < -0.4 is 9.64 Å². The first-order valence-electron chi connectivity index (χ1n) is 12.8. The van der Waals surface area contributed by atoms with Crippen LogP contribution in [0.2, 0.25) is 0 Å². The number of hydrogen-bond donors (Lipinski definition) is 0. The second-order valence-corrected chi connectivity index (χ2v) is 9.77. The summed E-state index contributed by atoms with van der Waals surface area (Å²) in [7, 11) is 1.68. The molecule has 0 radical (unpaired) electrons. The lowest BCUT2D eigenvalue weighted by atomic mass is 10.00. The third kappa shape index (κ3) is 5.35. The van der Waals surface area contributed by atoms with Crippen molar-refractivity contribution >= 4 is 11.7 Å². The topological polar surface area (TPSA) is 67.8 Å². The lowest BCUT2D eigenvalue weighted by Gasteiger charge is -2.34. The van der Waals surface area contributed by atoms with E-state index in [9.17, 15) is 4.79 Å². The van der Waals surface area contributed by atoms with Crippen molar-refractivity contribution in [1.82, 2.24) is 14.9 Å². The van der Waals surface area contributed by atoms with E-state index >= 15 is 0 Å². The van der Waals surface area contributed by atoms with Gasteiger partial charge in [0.2, 0.25) is 5.91 Å². The van der Waals surface area contributed by atoms with E-state index in [1.807, 2.05) is 17.0 Å². The van der Waals surface area contributed by atoms with Gasteiger partial charge in [-0.05, 0) is 30.0 Å². The highest BCUT2D eigenvalue weighted by Crippen LogP contribution is 2.31. The fourth-order valence-electron chi connectivity index (χ4n) is 5.49. The zero-order valence-corrected chi connectivity index (χ0v) is 20.3. The first-order chi connectivity index (χ1) is 16.7. The Morgan fingerprint density at radius 3 is 2.59 bits per heavy atom. The molecule has 34 heavy (non-hydrogen) atoms. The van der Waals surface area contributed by atoms with E-state index in [0.29, 0.717) is 32.6 Å². The number of hydrogen-bond acceptors (Lipinski definition) is 6. The van der Waals surface area contributed by atoms with Crippen molar-refractivity contribution < 1.29 is 14.3 Å². The van der Waals surface area contributed by atoms with Crippen molar-refractivity contribution in [2.45, 2.75) is 57.9 Å². The average molecular weight is 465 g/mol. The second kappa shape index (κ2) is 10.7. The molecule has 0 N–H and O–H groups in total. The maximum atomic E-state index is 13.1. The Labute approximate surface area is 202 Å². The summed E-state index contributed by atoms with van der Waals surface area (Å²) in [6, 6.07) is 8.10. The largest absolute Gasteiger partial charge is 0.497 e. The van der Waals surface area contributed by atoms with Gasteiger partial charge in [-0.2, -0.15) is 0 Å². The third-order valence-corrected chi connectivity index (χ3v) is 7.51. The Kier molecular flexibility index (Phi) is 7.28. The molecule has 182 valence electrons. The average Bonchev–Trinajstić information content (AvgIpc) is 3.41. The fourth-order valence-corrected chi connectivity index (χ4v) is 5.49. The summed E-state index contributed by atoms with van der Waals surface area (Å²) in [5, 5.41) is 0. The molecule has 0 unspecified atom stereocenters. The summed E-state index contributed by atoms with van der Waals surface area (Å²) in [5.74, 6) is 3.71. The second-order valence-electron chi connectivity index (χ2n) is 9.77. The minimum absolute atomic E-state index is 0.285. The summed E-state index contributed by atoms with van der Waals surface area (Å²) in [5.41, 5.74) is 3.38. The molecule has 3 heterocycles. The number of nitrogens with zero attached hydrogens (tertiary/aromatic N) is 4. The van der Waals surface area contributed by atoms with Crippen LogP contribution in [0.15, 0.2) is 24.3 Å². The van der Waals surface area contributed by atoms with Gasteiger partial charge in [0.05, 0.1) is 32.6 Å². The Balaban J connectivity index is 1.35. The van der Waals surface area contributed by atoms with Crippen LogP contribution in [0.3, 0.4) is 0 Å². The first kappa shape index (κ1) is 23.1. The number of amides is 1. The zero-order chi connectivity index (χ0) is 23.3. The van der Waals surface area contributed by atoms with E-state index in [1.165, 1.54) is 25.7 Å². The number of methoxy groups -OCH3 is 1. The van der Waals surface area contributed by atoms with E-state index in [4.69, 9.17) is 19.4 Å². The predicted molar refractivity (Wildman–Crippen MR) is 131 cm³/mol. The number of morpholine rings is 1. The fraction of sp³-hybridized carbons (Fsp3) is 0.593. The normalized spacial score (nSPS) is 18.7. The highest BCUT2D eigenvalue weighted by Gasteiger charge is 2.29. The number of benzene rings is 1. The summed E-state index contributed by atoms with van der Waals surface area (Å²) in [4.78, 5) is 27.4. The summed E-state index contributed by atoms with van der Waals surface area (Å²) < 4.78 is 10.9. The van der Waals surface area contributed by atoms with Gasteiger partial charge in [-0.25, -0.2) is 9.97 Å². The number of fused-ring (bicyclic) bond motifs is 1. The molecule has 3 aliphatic rings. The van der Waals surface area contributed by atoms with Crippen LogP contribution in [0.4, 0.5) is 5.82 Å². The van der Waals surface area contributed by atoms with Gasteiger partial charge in [0.25, 0.3) is 0 Å². The van der Waals surface area contributed by atoms with Crippen LogP contribution in [-0.4, -0.2) is 60.7 Å². The van der Waals surface area contributed by atoms with Crippen LogP contribution in [0, 0.1) is 5.92 Å². The first-order valence-corrected chi connectivity index (χ1v) is 12.8. The van der Waals surface area contributed by atoms with E-state index < -0.39 is 0 Å². The van der Waals surface area contributed by atoms with E-state index in [0.717, 1.165) is 72.6 Å². The molecule has 1 aliphatic carbocycles. The van der Waals surface area contributed by atoms with Gasteiger partial charge in [-0.1, -0.05) is 37.8 Å². The molecule has 2 aromatic rings. The summed E-state index contributed by atoms with van der Waals surface area (Å²) in [6.45, 7) is 4.42. The SMILES string of the molecule is COc1ccc(Cc2nc3c(c(N4CCOCC4)n2)CN(C(=O)CCC2CCCC2)CC3)cc1. The smallest absolute Gasteiger partial charge is 0.222 e. The van der Waals surface area contributed by atoms with Gasteiger partial charge >= 0.3 is 0 Å². The lowest BCUT2D eigenvalue weighted by Crippen LogP contribution is -2.41. The number of carbonyl (C=O) groups is 1. The molecule has 1 aromatic carbocycles. The van der Waals surface area contributed by atoms with E-state index in [2.05, 4.69) is 17.0 Å². The van der Waals surface area contributed by atoms with Gasteiger partial charge in [0.15, 0.2) is 0 Å². The van der Waals surface area contributed by atoms with Crippen LogP contribution in [0.25, 0.3) is 0 Å². The quantitative estimate of drug-likeness (QED) is 0.622. The molecule has 2 aliphatic heterocycles. The zero-order valence-electron chi connectivity index (χ0n) is 20.3. The van der Waals surface area contributed by atoms with Crippen molar-refractivity contribution in [3.05, 3.63) is 46.9 Å². The predicted octanol–water partition coefficient (Wildman–Crippen LogP) is 3.77. The van der Waals surface area contributed by atoms with E-state index in [1.54, 1.807) is 7.11 Å². The Bertz CT molecular complexity index is 982. The van der Waals surface area contributed by atoms with E-state index in [-0.39, 0.29) is 5.91 Å². The number of carbonyl (C=O) groups excluding carboxylic acids is 1. The van der Waals surface area contributed by atoms with Crippen molar-refractivity contribution in [2.75, 3.05) is 44.9 Å². The summed E-state index contributed by atoms with van der Waals surface area (Å²) in [6.07, 6.45) is 8.42. The van der Waals surface area contributed by atoms with Gasteiger partial charge < -0.3 is 19.3 Å². The molecule has 2 fully saturated rings. The molecule has 0 bridgehead atoms. The molecule has 1 amide bonds. The summed E-state index contributed by atoms with van der Waals surface area (Å²) >= 11 is 0. The standard InChI is InChI=1S/C27H36N4O3/c1-33-22-9-6-21(7-10-22)18-25-28-24-12-13-31(26(32)11-8-20-4-2-3-5-20)19-23(24)27(29-25)30-14-16-34-17-15-30/h6-7,9-10,20H,2-5,8,11-19H2,1H3. The molecule has 1 aromatic heterocycles. The molecule has 7 nitrogen and oxygen atoms in total. The number of rotatable bonds is 7. The Hall–Kier alpha value is -2.67. The molecule has 0 atom stereocenters. The van der Waals surface area contributed by atoms with Crippen molar-refractivity contribution in [3.63, 3.8) is 0 Å². The molecular weight excluding hydrogens is 428 g/mol. The van der Waals surface area contributed by atoms with Gasteiger partial charge in [-0.3, -0.25) is 4.79 Å². The molecule has 1 saturated carbocycles. The van der Waals surface area contributed by atoms with Gasteiger partial charge in [0, 0.05) is 44.5 Å². The highest BCUT2D eigenvalue weighted by atomic mass is 16.5. The number of aromatic nitrogens is 2. The molecule has 0 spiro atoms. The Morgan fingerprint density at radius 2 is 1.85 bits per heavy atom. The van der Waals surface area contributed by atoms with Gasteiger partial charge in [0.1, 0.15) is 17.4 Å². The van der Waals surface area contributed by atoms with Crippen LogP contribution >= 0.6 is 0 Å². The number of anilines is 1. The van der Waals surface area contributed by atoms with Crippen molar-refractivity contribution in [2.24, 2.45) is 5.92 Å². The highest BCUT2D eigenvalue weighted by molar-refractivity contribution is 5.76. The van der Waals surface area contributed by atoms with Crippen LogP contribution in [0.1, 0.15) is 61.2 Å².